The molecule has 0 spiro atoms. The fourth-order valence-corrected chi connectivity index (χ4v) is 16.8. The highest BCUT2D eigenvalue weighted by atomic mass is 16.3. The third kappa shape index (κ3) is 5.76. The molecule has 8 bridgehead atoms. The number of phenolic OH excluding ortho intramolecular Hbond substituents is 10. The van der Waals surface area contributed by atoms with Gasteiger partial charge in [0.15, 0.2) is 0 Å². The van der Waals surface area contributed by atoms with Crippen molar-refractivity contribution >= 4 is 0 Å². The van der Waals surface area contributed by atoms with E-state index in [1.54, 1.807) is 81.4 Å². The van der Waals surface area contributed by atoms with Gasteiger partial charge in [0.05, 0.1) is 0 Å². The van der Waals surface area contributed by atoms with Gasteiger partial charge in [0, 0.05) is 65.9 Å². The molecule has 10 nitrogen and oxygen atoms in total. The van der Waals surface area contributed by atoms with Gasteiger partial charge in [0.25, 0.3) is 0 Å². The molecule has 8 fully saturated rings. The average molecular weight is 881 g/mol. The molecule has 0 amide bonds. The molecule has 8 saturated carbocycles. The lowest BCUT2D eigenvalue weighted by Gasteiger charge is -2.68. The summed E-state index contributed by atoms with van der Waals surface area (Å²) in [6.07, 6.45) is 7.87. The molecule has 0 aliphatic heterocycles. The molecule has 0 heterocycles. The Morgan fingerprint density at radius 1 is 0.323 bits per heavy atom. The Kier molecular flexibility index (Phi) is 8.58. The number of benzene rings is 5. The van der Waals surface area contributed by atoms with Crippen molar-refractivity contribution in [3.8, 4) is 57.5 Å². The van der Waals surface area contributed by atoms with E-state index < -0.39 is 32.5 Å². The maximum absolute atomic E-state index is 12.7. The van der Waals surface area contributed by atoms with E-state index in [2.05, 4.69) is 0 Å². The predicted octanol–water partition coefficient (Wildman–Crippen LogP) is 10.5. The van der Waals surface area contributed by atoms with Crippen LogP contribution in [0.4, 0.5) is 0 Å². The Labute approximate surface area is 379 Å². The Balaban J connectivity index is 1.09. The highest BCUT2D eigenvalue weighted by Gasteiger charge is 2.68. The predicted molar refractivity (Wildman–Crippen MR) is 245 cm³/mol. The lowest BCUT2D eigenvalue weighted by atomic mass is 9.36. The zero-order valence-electron chi connectivity index (χ0n) is 37.6. The molecular formula is C55H60O10. The lowest BCUT2D eigenvalue weighted by Crippen LogP contribution is -2.62. The van der Waals surface area contributed by atoms with Crippen molar-refractivity contribution in [1.82, 2.24) is 0 Å². The largest absolute Gasteiger partial charge is 0.508 e. The molecule has 6 atom stereocenters. The maximum Gasteiger partial charge on any atom is 0.119 e. The standard InChI is InChI=1S/C55H60O10/c1-5-33-9-47(63)37(13-43(33)59)53-19-32-18-52(23-53,36-12-42(58)30(4)8-46(36)62)26-55(21-32,27-53)39-15-48(64)38(14-49(39)65)54-20-31-16-50(24-54,34-10-40(56)28(2)6-44(34)60)22-51(17-31,25-54)35-11-41(57)29(3)7-45(35)61/h6-15,31-32,56-65H,5,16-27H2,1-4H3. The van der Waals surface area contributed by atoms with Crippen LogP contribution < -0.4 is 0 Å². The smallest absolute Gasteiger partial charge is 0.119 e. The van der Waals surface area contributed by atoms with E-state index in [1.807, 2.05) is 6.92 Å². The zero-order chi connectivity index (χ0) is 46.0. The van der Waals surface area contributed by atoms with Crippen molar-refractivity contribution in [3.05, 3.63) is 116 Å². The van der Waals surface area contributed by atoms with Gasteiger partial charge >= 0.3 is 0 Å². The van der Waals surface area contributed by atoms with Crippen LogP contribution in [0.2, 0.25) is 0 Å². The molecule has 0 aromatic heterocycles. The minimum Gasteiger partial charge on any atom is -0.508 e. The van der Waals surface area contributed by atoms with Gasteiger partial charge in [-0.3, -0.25) is 0 Å². The Morgan fingerprint density at radius 2 is 0.538 bits per heavy atom. The number of aryl methyl sites for hydroxylation is 4. The fourth-order valence-electron chi connectivity index (χ4n) is 16.8. The molecule has 10 N–H and O–H groups in total. The van der Waals surface area contributed by atoms with Crippen LogP contribution in [0, 0.1) is 32.6 Å². The second-order valence-corrected chi connectivity index (χ2v) is 22.4. The van der Waals surface area contributed by atoms with E-state index in [9.17, 15) is 51.1 Å². The van der Waals surface area contributed by atoms with Gasteiger partial charge in [-0.2, -0.15) is 0 Å². The molecular weight excluding hydrogens is 821 g/mol. The van der Waals surface area contributed by atoms with Crippen molar-refractivity contribution < 1.29 is 51.1 Å². The quantitative estimate of drug-likeness (QED) is 0.0701. The Bertz CT molecular complexity index is 2810. The molecule has 13 rings (SSSR count). The second kappa shape index (κ2) is 13.4. The summed E-state index contributed by atoms with van der Waals surface area (Å²) < 4.78 is 0. The number of hydrogen-bond acceptors (Lipinski definition) is 10. The van der Waals surface area contributed by atoms with Crippen LogP contribution in [0.15, 0.2) is 60.7 Å². The van der Waals surface area contributed by atoms with Crippen LogP contribution in [-0.4, -0.2) is 51.1 Å². The number of aromatic hydroxyl groups is 10. The van der Waals surface area contributed by atoms with Gasteiger partial charge in [0.1, 0.15) is 57.5 Å². The molecule has 5 aromatic rings. The molecule has 10 heteroatoms. The van der Waals surface area contributed by atoms with Gasteiger partial charge in [-0.05, 0) is 199 Å². The topological polar surface area (TPSA) is 202 Å². The van der Waals surface area contributed by atoms with Crippen molar-refractivity contribution in [2.75, 3.05) is 0 Å². The van der Waals surface area contributed by atoms with Crippen LogP contribution in [0.25, 0.3) is 0 Å². The molecule has 5 aromatic carbocycles. The first-order valence-corrected chi connectivity index (χ1v) is 23.4. The van der Waals surface area contributed by atoms with Crippen LogP contribution in [0.3, 0.4) is 0 Å². The Morgan fingerprint density at radius 3 is 0.800 bits per heavy atom. The minimum atomic E-state index is -0.752. The third-order valence-corrected chi connectivity index (χ3v) is 18.2. The Hall–Kier alpha value is -5.90. The van der Waals surface area contributed by atoms with Crippen LogP contribution >= 0.6 is 0 Å². The van der Waals surface area contributed by atoms with E-state index in [4.69, 9.17) is 0 Å². The first-order valence-electron chi connectivity index (χ1n) is 23.4. The van der Waals surface area contributed by atoms with Gasteiger partial charge in [-0.15, -0.1) is 0 Å². The van der Waals surface area contributed by atoms with Gasteiger partial charge in [-0.1, -0.05) is 6.92 Å². The summed E-state index contributed by atoms with van der Waals surface area (Å²) in [6.45, 7) is 7.15. The number of rotatable bonds is 7. The van der Waals surface area contributed by atoms with Gasteiger partial charge in [-0.25, -0.2) is 0 Å². The lowest BCUT2D eigenvalue weighted by molar-refractivity contribution is -0.0535. The van der Waals surface area contributed by atoms with Crippen LogP contribution in [0.1, 0.15) is 140 Å². The van der Waals surface area contributed by atoms with Crippen molar-refractivity contribution in [3.63, 3.8) is 0 Å². The van der Waals surface area contributed by atoms with Crippen LogP contribution in [0.5, 0.6) is 57.5 Å². The molecule has 6 unspecified atom stereocenters. The van der Waals surface area contributed by atoms with E-state index in [1.165, 1.54) is 0 Å². The summed E-state index contributed by atoms with van der Waals surface area (Å²) in [6, 6.07) is 16.6. The third-order valence-electron chi connectivity index (χ3n) is 18.2. The number of phenols is 10. The van der Waals surface area contributed by atoms with Gasteiger partial charge < -0.3 is 51.1 Å². The summed E-state index contributed by atoms with van der Waals surface area (Å²) in [4.78, 5) is 0. The molecule has 8 aliphatic carbocycles. The van der Waals surface area contributed by atoms with Crippen molar-refractivity contribution in [1.29, 1.82) is 0 Å². The summed E-state index contributed by atoms with van der Waals surface area (Å²) in [5.41, 5.74) is 1.65. The highest BCUT2D eigenvalue weighted by Crippen LogP contribution is 2.75. The fraction of sp³-hybridized carbons (Fsp3) is 0.455. The second-order valence-electron chi connectivity index (χ2n) is 22.4. The first-order chi connectivity index (χ1) is 30.7. The van der Waals surface area contributed by atoms with E-state index >= 15 is 0 Å². The van der Waals surface area contributed by atoms with E-state index in [-0.39, 0.29) is 69.3 Å². The number of hydrogen-bond donors (Lipinski definition) is 10. The first kappa shape index (κ1) is 41.8. The molecule has 8 aliphatic rings. The average Bonchev–Trinajstić information content (AvgIpc) is 3.22. The molecule has 0 saturated heterocycles. The summed E-state index contributed by atoms with van der Waals surface area (Å²) in [5.74, 6) is 0.845. The van der Waals surface area contributed by atoms with Crippen molar-refractivity contribution in [2.24, 2.45) is 11.8 Å². The summed E-state index contributed by atoms with van der Waals surface area (Å²) in [5, 5.41) is 117. The summed E-state index contributed by atoms with van der Waals surface area (Å²) in [7, 11) is 0. The zero-order valence-corrected chi connectivity index (χ0v) is 37.6. The van der Waals surface area contributed by atoms with Crippen LogP contribution in [-0.2, 0) is 38.9 Å². The van der Waals surface area contributed by atoms with E-state index in [0.717, 1.165) is 6.42 Å². The maximum atomic E-state index is 12.7. The molecule has 0 radical (unpaired) electrons. The molecule has 65 heavy (non-hydrogen) atoms. The van der Waals surface area contributed by atoms with Crippen molar-refractivity contribution in [2.45, 2.75) is 144 Å². The minimum absolute atomic E-state index is 0.0273. The van der Waals surface area contributed by atoms with E-state index in [0.29, 0.717) is 133 Å². The summed E-state index contributed by atoms with van der Waals surface area (Å²) >= 11 is 0. The normalized spacial score (nSPS) is 32.9. The highest BCUT2D eigenvalue weighted by molar-refractivity contribution is 5.61. The molecule has 340 valence electrons. The monoisotopic (exact) mass is 880 g/mol. The van der Waals surface area contributed by atoms with Gasteiger partial charge in [0.2, 0.25) is 0 Å². The SMILES string of the molecule is CCc1cc(O)c(C23CC4CC(c5cc(O)c(C)cc5O)(C2)CC(c2cc(O)c(C56CC7CC(c8cc(O)c(C)cc8O)(CC(c8cc(O)c(C)cc8O)(C7)C5)C6)cc2O)(C4)C3)cc1O.